The maximum absolute atomic E-state index is 13.8. The quantitative estimate of drug-likeness (QED) is 0.273. The van der Waals surface area contributed by atoms with Gasteiger partial charge in [0.25, 0.3) is 0 Å². The summed E-state index contributed by atoms with van der Waals surface area (Å²) in [4.78, 5) is 16.4. The molecule has 10 heteroatoms. The van der Waals surface area contributed by atoms with Gasteiger partial charge in [-0.25, -0.2) is 18.4 Å². The summed E-state index contributed by atoms with van der Waals surface area (Å²) in [6.07, 6.45) is 2.61. The number of hydrogen-bond acceptors (Lipinski definition) is 9. The number of anilines is 2. The second-order valence-electron chi connectivity index (χ2n) is 10.5. The van der Waals surface area contributed by atoms with Crippen molar-refractivity contribution in [3.8, 4) is 11.3 Å². The van der Waals surface area contributed by atoms with Crippen LogP contribution in [-0.4, -0.2) is 62.4 Å². The van der Waals surface area contributed by atoms with Crippen LogP contribution in [0.5, 0.6) is 0 Å². The molecule has 3 aromatic carbocycles. The maximum atomic E-state index is 13.8. The predicted molar refractivity (Wildman–Crippen MR) is 167 cm³/mol. The Labute approximate surface area is 247 Å². The lowest BCUT2D eigenvalue weighted by atomic mass is 10.1. The van der Waals surface area contributed by atoms with Gasteiger partial charge in [0.15, 0.2) is 11.3 Å². The van der Waals surface area contributed by atoms with E-state index in [1.165, 1.54) is 5.56 Å². The molecule has 1 unspecified atom stereocenters. The Morgan fingerprint density at radius 3 is 2.38 bits per heavy atom. The number of aromatic nitrogens is 2. The number of aryl methyl sites for hydroxylation is 2. The molecule has 0 saturated carbocycles. The van der Waals surface area contributed by atoms with Crippen LogP contribution in [0.3, 0.4) is 0 Å². The molecule has 0 amide bonds. The van der Waals surface area contributed by atoms with Crippen molar-refractivity contribution in [1.29, 1.82) is 0 Å². The molecule has 1 aromatic heterocycles. The van der Waals surface area contributed by atoms with Crippen molar-refractivity contribution in [3.63, 3.8) is 0 Å². The Hall–Kier alpha value is -4.28. The molecule has 1 atom stereocenters. The fourth-order valence-electron chi connectivity index (χ4n) is 5.30. The van der Waals surface area contributed by atoms with E-state index in [0.717, 1.165) is 61.0 Å². The fraction of sp³-hybridized carbons (Fsp3) is 0.281. The van der Waals surface area contributed by atoms with Crippen LogP contribution >= 0.6 is 0 Å². The van der Waals surface area contributed by atoms with Crippen molar-refractivity contribution in [2.24, 2.45) is 4.99 Å². The molecule has 2 aliphatic rings. The van der Waals surface area contributed by atoms with Crippen LogP contribution in [0, 0.1) is 0 Å². The van der Waals surface area contributed by atoms with Gasteiger partial charge in [0.1, 0.15) is 0 Å². The monoisotopic (exact) mass is 581 g/mol. The molecule has 0 aliphatic carbocycles. The van der Waals surface area contributed by atoms with E-state index in [0.29, 0.717) is 30.5 Å². The van der Waals surface area contributed by atoms with E-state index in [1.807, 2.05) is 47.4 Å². The van der Waals surface area contributed by atoms with E-state index in [4.69, 9.17) is 9.97 Å². The molecule has 3 heterocycles. The Balaban J connectivity index is 1.31. The molecule has 1 saturated heterocycles. The second kappa shape index (κ2) is 12.7. The Morgan fingerprint density at radius 2 is 1.64 bits per heavy atom. The number of hydrogen-bond donors (Lipinski definition) is 3. The van der Waals surface area contributed by atoms with Crippen LogP contribution in [0.15, 0.2) is 101 Å². The van der Waals surface area contributed by atoms with Crippen LogP contribution in [0.1, 0.15) is 17.7 Å². The van der Waals surface area contributed by atoms with Crippen molar-refractivity contribution >= 4 is 27.4 Å². The first-order valence-corrected chi connectivity index (χ1v) is 15.9. The number of benzene rings is 3. The van der Waals surface area contributed by atoms with E-state index in [2.05, 4.69) is 45.2 Å². The van der Waals surface area contributed by atoms with Gasteiger partial charge < -0.3 is 20.9 Å². The van der Waals surface area contributed by atoms with Crippen LogP contribution in [0.4, 0.5) is 11.6 Å². The molecule has 42 heavy (non-hydrogen) atoms. The maximum Gasteiger partial charge on any atom is 0.227 e. The summed E-state index contributed by atoms with van der Waals surface area (Å²) >= 11 is 0. The summed E-state index contributed by atoms with van der Waals surface area (Å²) in [6.45, 7) is 3.04. The molecule has 4 aromatic rings. The SMILES string of the molecule is O=S(=O)(c1ccccc1)C1CNCCN1c1nc(CCCc2ccccc2)cc(-c2ccc(NC3=NCCN3)cc2)n1. The second-order valence-corrected chi connectivity index (χ2v) is 12.6. The average Bonchev–Trinajstić information content (AvgIpc) is 3.55. The van der Waals surface area contributed by atoms with Gasteiger partial charge in [-0.15, -0.1) is 0 Å². The molecular weight excluding hydrogens is 546 g/mol. The minimum atomic E-state index is -3.66. The lowest BCUT2D eigenvalue weighted by Gasteiger charge is -2.36. The smallest absolute Gasteiger partial charge is 0.227 e. The van der Waals surface area contributed by atoms with E-state index in [9.17, 15) is 8.42 Å². The first-order valence-electron chi connectivity index (χ1n) is 14.4. The van der Waals surface area contributed by atoms with Gasteiger partial charge in [-0.05, 0) is 55.2 Å². The largest absolute Gasteiger partial charge is 0.354 e. The highest BCUT2D eigenvalue weighted by Crippen LogP contribution is 2.28. The standard InChI is InChI=1S/C32H35N7O2S/c40-42(41,28-12-5-2-6-13-28)30-23-33-20-21-39(30)32-37-27(11-7-10-24-8-3-1-4-9-24)22-29(38-32)25-14-16-26(17-15-25)36-31-34-18-19-35-31/h1-6,8-9,12-17,22,30,33H,7,10-11,18-21,23H2,(H2,34,35,36). The molecule has 0 spiro atoms. The van der Waals surface area contributed by atoms with Gasteiger partial charge in [0, 0.05) is 43.1 Å². The van der Waals surface area contributed by atoms with Crippen molar-refractivity contribution in [2.75, 3.05) is 42.9 Å². The summed E-state index contributed by atoms with van der Waals surface area (Å²) in [5.41, 5.74) is 4.82. The molecule has 0 bridgehead atoms. The van der Waals surface area contributed by atoms with E-state index < -0.39 is 15.2 Å². The van der Waals surface area contributed by atoms with E-state index >= 15 is 0 Å². The minimum absolute atomic E-state index is 0.298. The predicted octanol–water partition coefficient (Wildman–Crippen LogP) is 3.90. The normalized spacial score (nSPS) is 17.0. The Kier molecular flexibility index (Phi) is 8.43. The third-order valence-corrected chi connectivity index (χ3v) is 9.58. The zero-order valence-corrected chi connectivity index (χ0v) is 24.2. The number of nitrogens with zero attached hydrogens (tertiary/aromatic N) is 4. The van der Waals surface area contributed by atoms with Crippen LogP contribution in [0.2, 0.25) is 0 Å². The van der Waals surface area contributed by atoms with Crippen molar-refractivity contribution in [2.45, 2.75) is 29.5 Å². The highest BCUT2D eigenvalue weighted by atomic mass is 32.2. The zero-order chi connectivity index (χ0) is 28.8. The molecule has 216 valence electrons. The number of guanidine groups is 1. The average molecular weight is 582 g/mol. The van der Waals surface area contributed by atoms with Crippen LogP contribution in [-0.2, 0) is 22.7 Å². The number of nitrogens with one attached hydrogen (secondary N) is 3. The molecule has 9 nitrogen and oxygen atoms in total. The molecule has 2 aliphatic heterocycles. The van der Waals surface area contributed by atoms with Crippen LogP contribution < -0.4 is 20.9 Å². The van der Waals surface area contributed by atoms with Gasteiger partial charge in [0.05, 0.1) is 17.1 Å². The number of sulfone groups is 1. The summed E-state index contributed by atoms with van der Waals surface area (Å²) in [5, 5.41) is 8.97. The molecule has 0 radical (unpaired) electrons. The fourth-order valence-corrected chi connectivity index (χ4v) is 7.02. The number of rotatable bonds is 9. The summed E-state index contributed by atoms with van der Waals surface area (Å²) in [7, 11) is -3.66. The highest BCUT2D eigenvalue weighted by Gasteiger charge is 2.36. The van der Waals surface area contributed by atoms with Crippen molar-refractivity contribution in [1.82, 2.24) is 20.6 Å². The van der Waals surface area contributed by atoms with E-state index in [1.54, 1.807) is 24.3 Å². The summed E-state index contributed by atoms with van der Waals surface area (Å²) in [6, 6.07) is 29.1. The van der Waals surface area contributed by atoms with Crippen molar-refractivity contribution < 1.29 is 8.42 Å². The van der Waals surface area contributed by atoms with Gasteiger partial charge in [-0.3, -0.25) is 4.99 Å². The summed E-state index contributed by atoms with van der Waals surface area (Å²) in [5.74, 6) is 1.22. The van der Waals surface area contributed by atoms with Crippen molar-refractivity contribution in [3.05, 3.63) is 102 Å². The first-order chi connectivity index (χ1) is 20.6. The first kappa shape index (κ1) is 27.9. The van der Waals surface area contributed by atoms with Crippen LogP contribution in [0.25, 0.3) is 11.3 Å². The number of aliphatic imine (C=N–C) groups is 1. The summed E-state index contributed by atoms with van der Waals surface area (Å²) < 4.78 is 27.5. The lowest BCUT2D eigenvalue weighted by Crippen LogP contribution is -2.55. The Morgan fingerprint density at radius 1 is 0.881 bits per heavy atom. The topological polar surface area (TPSA) is 112 Å². The van der Waals surface area contributed by atoms with Gasteiger partial charge in [0.2, 0.25) is 15.8 Å². The third kappa shape index (κ3) is 6.45. The molecule has 6 rings (SSSR count). The zero-order valence-electron chi connectivity index (χ0n) is 23.4. The minimum Gasteiger partial charge on any atom is -0.354 e. The number of piperazine rings is 1. The molecule has 1 fully saturated rings. The molecular formula is C32H35N7O2S. The van der Waals surface area contributed by atoms with Gasteiger partial charge >= 0.3 is 0 Å². The van der Waals surface area contributed by atoms with Gasteiger partial charge in [-0.2, -0.15) is 0 Å². The van der Waals surface area contributed by atoms with E-state index in [-0.39, 0.29) is 0 Å². The lowest BCUT2D eigenvalue weighted by molar-refractivity contribution is 0.512. The molecule has 3 N–H and O–H groups in total. The Bertz CT molecular complexity index is 1630. The highest BCUT2D eigenvalue weighted by molar-refractivity contribution is 7.92. The third-order valence-electron chi connectivity index (χ3n) is 7.51. The van der Waals surface area contributed by atoms with Gasteiger partial charge in [-0.1, -0.05) is 60.7 Å².